The predicted molar refractivity (Wildman–Crippen MR) is 73.4 cm³/mol. The van der Waals surface area contributed by atoms with Crippen molar-refractivity contribution in [2.45, 2.75) is 38.3 Å². The molecule has 120 valence electrons. The molecule has 1 saturated carbocycles. The Morgan fingerprint density at radius 3 is 2.59 bits per heavy atom. The average molecular weight is 313 g/mol. The van der Waals surface area contributed by atoms with Crippen LogP contribution in [0.2, 0.25) is 0 Å². The van der Waals surface area contributed by atoms with E-state index in [1.165, 1.54) is 13.0 Å². The number of aliphatic carboxylic acids is 1. The van der Waals surface area contributed by atoms with Crippen LogP contribution in [0.25, 0.3) is 0 Å². The van der Waals surface area contributed by atoms with Crippen LogP contribution in [0.5, 0.6) is 5.75 Å². The fourth-order valence-corrected chi connectivity index (χ4v) is 2.01. The molecule has 0 aromatic heterocycles. The summed E-state index contributed by atoms with van der Waals surface area (Å²) in [5.74, 6) is -3.47. The summed E-state index contributed by atoms with van der Waals surface area (Å²) in [5, 5.41) is 11.5. The largest absolute Gasteiger partial charge is 0.481 e. The van der Waals surface area contributed by atoms with E-state index in [2.05, 4.69) is 5.32 Å². The Morgan fingerprint density at radius 1 is 1.36 bits per heavy atom. The third-order valence-electron chi connectivity index (χ3n) is 3.45. The molecule has 2 atom stereocenters. The fraction of sp³-hybridized carbons (Fsp3) is 0.467. The highest BCUT2D eigenvalue weighted by Crippen LogP contribution is 2.33. The second kappa shape index (κ2) is 6.72. The van der Waals surface area contributed by atoms with Crippen LogP contribution in [-0.2, 0) is 9.59 Å². The topological polar surface area (TPSA) is 75.6 Å². The smallest absolute Gasteiger partial charge is 0.326 e. The van der Waals surface area contributed by atoms with Crippen LogP contribution < -0.4 is 10.1 Å². The summed E-state index contributed by atoms with van der Waals surface area (Å²) in [6, 6.07) is 1.96. The summed E-state index contributed by atoms with van der Waals surface area (Å²) in [6.07, 6.45) is 1.31. The summed E-state index contributed by atoms with van der Waals surface area (Å²) in [6.45, 7) is 1.41. The number of rotatable bonds is 7. The predicted octanol–water partition coefficient (Wildman–Crippen LogP) is 2.10. The monoisotopic (exact) mass is 313 g/mol. The van der Waals surface area contributed by atoms with E-state index in [-0.39, 0.29) is 5.75 Å². The Bertz CT molecular complexity index is 575. The highest BCUT2D eigenvalue weighted by Gasteiger charge is 2.31. The number of hydrogen-bond donors (Lipinski definition) is 2. The van der Waals surface area contributed by atoms with Crippen LogP contribution in [-0.4, -0.2) is 29.1 Å². The van der Waals surface area contributed by atoms with Gasteiger partial charge in [-0.1, -0.05) is 12.8 Å². The number of carbonyl (C=O) groups is 2. The van der Waals surface area contributed by atoms with Gasteiger partial charge < -0.3 is 15.2 Å². The van der Waals surface area contributed by atoms with Crippen molar-refractivity contribution in [3.05, 3.63) is 29.8 Å². The molecular weight excluding hydrogens is 296 g/mol. The molecule has 1 aliphatic carbocycles. The van der Waals surface area contributed by atoms with Crippen LogP contribution in [0.4, 0.5) is 8.78 Å². The number of benzene rings is 1. The Balaban J connectivity index is 1.92. The minimum atomic E-state index is -1.10. The van der Waals surface area contributed by atoms with Gasteiger partial charge in [-0.3, -0.25) is 4.79 Å². The van der Waals surface area contributed by atoms with E-state index >= 15 is 0 Å². The highest BCUT2D eigenvalue weighted by atomic mass is 19.2. The number of carboxylic acid groups (broad SMARTS) is 1. The molecule has 0 aliphatic heterocycles. The van der Waals surface area contributed by atoms with Crippen molar-refractivity contribution < 1.29 is 28.2 Å². The van der Waals surface area contributed by atoms with Gasteiger partial charge in [0.05, 0.1) is 0 Å². The number of hydrogen-bond acceptors (Lipinski definition) is 3. The molecule has 1 fully saturated rings. The van der Waals surface area contributed by atoms with Gasteiger partial charge in [0.15, 0.2) is 17.7 Å². The number of carboxylic acids is 1. The zero-order chi connectivity index (χ0) is 16.3. The van der Waals surface area contributed by atoms with E-state index in [0.717, 1.165) is 25.0 Å². The Labute approximate surface area is 126 Å². The molecule has 1 amide bonds. The van der Waals surface area contributed by atoms with Crippen molar-refractivity contribution in [1.82, 2.24) is 5.32 Å². The van der Waals surface area contributed by atoms with E-state index in [1.807, 2.05) is 0 Å². The van der Waals surface area contributed by atoms with E-state index in [9.17, 15) is 18.4 Å². The number of nitrogens with one attached hydrogen (secondary N) is 1. The van der Waals surface area contributed by atoms with Crippen molar-refractivity contribution in [2.75, 3.05) is 0 Å². The minimum Gasteiger partial charge on any atom is -0.481 e. The standard InChI is InChI=1S/C15H17F2NO4/c1-8(22-10-4-5-11(16)12(17)7-10)14(19)18-13(15(20)21)6-9-2-3-9/h4-5,7-9,13H,2-3,6H2,1H3,(H,18,19)(H,20,21). The van der Waals surface area contributed by atoms with E-state index in [1.54, 1.807) is 0 Å². The second-order valence-electron chi connectivity index (χ2n) is 5.41. The third kappa shape index (κ3) is 4.41. The maximum absolute atomic E-state index is 13.1. The first-order chi connectivity index (χ1) is 10.4. The van der Waals surface area contributed by atoms with E-state index in [4.69, 9.17) is 9.84 Å². The van der Waals surface area contributed by atoms with Gasteiger partial charge in [-0.25, -0.2) is 13.6 Å². The van der Waals surface area contributed by atoms with Gasteiger partial charge in [-0.2, -0.15) is 0 Å². The van der Waals surface area contributed by atoms with Crippen LogP contribution in [0, 0.1) is 17.6 Å². The summed E-state index contributed by atoms with van der Waals surface area (Å²) in [7, 11) is 0. The molecule has 7 heteroatoms. The Hall–Kier alpha value is -2.18. The van der Waals surface area contributed by atoms with Gasteiger partial charge in [-0.15, -0.1) is 0 Å². The average Bonchev–Trinajstić information content (AvgIpc) is 3.26. The fourth-order valence-electron chi connectivity index (χ4n) is 2.01. The zero-order valence-corrected chi connectivity index (χ0v) is 12.0. The van der Waals surface area contributed by atoms with Gasteiger partial charge in [0.1, 0.15) is 11.8 Å². The van der Waals surface area contributed by atoms with Gasteiger partial charge in [0.25, 0.3) is 5.91 Å². The first kappa shape index (κ1) is 16.2. The Kier molecular flexibility index (Phi) is 4.95. The quantitative estimate of drug-likeness (QED) is 0.808. The van der Waals surface area contributed by atoms with Gasteiger partial charge in [0, 0.05) is 6.07 Å². The molecule has 2 rings (SSSR count). The molecule has 0 saturated heterocycles. The number of amides is 1. The van der Waals surface area contributed by atoms with Crippen LogP contribution >= 0.6 is 0 Å². The lowest BCUT2D eigenvalue weighted by molar-refractivity contribution is -0.143. The van der Waals surface area contributed by atoms with Gasteiger partial charge in [0.2, 0.25) is 0 Å². The summed E-state index contributed by atoms with van der Waals surface area (Å²) in [4.78, 5) is 23.1. The third-order valence-corrected chi connectivity index (χ3v) is 3.45. The number of ether oxygens (including phenoxy) is 1. The van der Waals surface area contributed by atoms with Crippen LogP contribution in [0.15, 0.2) is 18.2 Å². The molecule has 2 unspecified atom stereocenters. The Morgan fingerprint density at radius 2 is 2.05 bits per heavy atom. The summed E-state index contributed by atoms with van der Waals surface area (Å²) < 4.78 is 31.1. The number of halogens is 2. The lowest BCUT2D eigenvalue weighted by atomic mass is 10.1. The van der Waals surface area contributed by atoms with Crippen LogP contribution in [0.1, 0.15) is 26.2 Å². The van der Waals surface area contributed by atoms with E-state index in [0.29, 0.717) is 12.3 Å². The maximum Gasteiger partial charge on any atom is 0.326 e. The second-order valence-corrected chi connectivity index (χ2v) is 5.41. The first-order valence-corrected chi connectivity index (χ1v) is 7.01. The summed E-state index contributed by atoms with van der Waals surface area (Å²) in [5.41, 5.74) is 0. The van der Waals surface area contributed by atoms with Crippen molar-refractivity contribution >= 4 is 11.9 Å². The van der Waals surface area contributed by atoms with Crippen molar-refractivity contribution in [3.8, 4) is 5.75 Å². The molecule has 0 spiro atoms. The lowest BCUT2D eigenvalue weighted by Gasteiger charge is -2.18. The molecule has 0 radical (unpaired) electrons. The lowest BCUT2D eigenvalue weighted by Crippen LogP contribution is -2.46. The molecule has 2 N–H and O–H groups in total. The molecule has 5 nitrogen and oxygen atoms in total. The van der Waals surface area contributed by atoms with Gasteiger partial charge >= 0.3 is 5.97 Å². The highest BCUT2D eigenvalue weighted by molar-refractivity contribution is 5.86. The SMILES string of the molecule is CC(Oc1ccc(F)c(F)c1)C(=O)NC(CC1CC1)C(=O)O. The molecule has 1 aromatic rings. The van der Waals surface area contributed by atoms with Gasteiger partial charge in [-0.05, 0) is 31.4 Å². The van der Waals surface area contributed by atoms with Crippen molar-refractivity contribution in [3.63, 3.8) is 0 Å². The zero-order valence-electron chi connectivity index (χ0n) is 12.0. The van der Waals surface area contributed by atoms with Crippen molar-refractivity contribution in [2.24, 2.45) is 5.92 Å². The molecule has 22 heavy (non-hydrogen) atoms. The molecule has 0 heterocycles. The maximum atomic E-state index is 13.1. The van der Waals surface area contributed by atoms with Crippen molar-refractivity contribution in [1.29, 1.82) is 0 Å². The first-order valence-electron chi connectivity index (χ1n) is 7.01. The molecule has 1 aliphatic rings. The minimum absolute atomic E-state index is 0.00406. The molecular formula is C15H17F2NO4. The normalized spacial score (nSPS) is 16.7. The van der Waals surface area contributed by atoms with E-state index < -0.39 is 35.7 Å². The summed E-state index contributed by atoms with van der Waals surface area (Å²) >= 11 is 0. The molecule has 1 aromatic carbocycles. The number of carbonyl (C=O) groups excluding carboxylic acids is 1. The molecule has 0 bridgehead atoms. The van der Waals surface area contributed by atoms with Crippen LogP contribution in [0.3, 0.4) is 0 Å².